The predicted molar refractivity (Wildman–Crippen MR) is 67.1 cm³/mol. The van der Waals surface area contributed by atoms with Crippen LogP contribution in [0.1, 0.15) is 6.42 Å². The van der Waals surface area contributed by atoms with Gasteiger partial charge < -0.3 is 0 Å². The highest BCUT2D eigenvalue weighted by Gasteiger charge is 2.33. The molecule has 1 saturated heterocycles. The first-order valence-corrected chi connectivity index (χ1v) is 7.92. The van der Waals surface area contributed by atoms with Crippen molar-refractivity contribution < 1.29 is 13.2 Å². The Bertz CT molecular complexity index is 578. The van der Waals surface area contributed by atoms with Crippen LogP contribution in [0.3, 0.4) is 0 Å². The van der Waals surface area contributed by atoms with Crippen molar-refractivity contribution in [2.75, 3.05) is 17.2 Å². The lowest BCUT2D eigenvalue weighted by Gasteiger charge is -2.14. The molecular formula is C9H9Cl2N3O3S. The van der Waals surface area contributed by atoms with Gasteiger partial charge in [0.15, 0.2) is 0 Å². The van der Waals surface area contributed by atoms with Gasteiger partial charge in [-0.15, -0.1) is 0 Å². The lowest BCUT2D eigenvalue weighted by molar-refractivity contribution is -0.117. The van der Waals surface area contributed by atoms with Crippen LogP contribution in [-0.4, -0.2) is 36.6 Å². The molecule has 2 heterocycles. The molecule has 6 nitrogen and oxygen atoms in total. The quantitative estimate of drug-likeness (QED) is 0.616. The number of hydrogen-bond acceptors (Lipinski definition) is 5. The molecule has 1 amide bonds. The molecule has 0 N–H and O–H groups in total. The van der Waals surface area contributed by atoms with Gasteiger partial charge in [0, 0.05) is 35.8 Å². The number of carbonyl (C=O) groups excluding carboxylic acids is 1. The average molecular weight is 310 g/mol. The van der Waals surface area contributed by atoms with E-state index in [4.69, 9.17) is 22.3 Å². The fourth-order valence-corrected chi connectivity index (χ4v) is 3.34. The monoisotopic (exact) mass is 309 g/mol. The Labute approximate surface area is 113 Å². The van der Waals surface area contributed by atoms with Crippen molar-refractivity contribution in [2.24, 2.45) is 5.92 Å². The summed E-state index contributed by atoms with van der Waals surface area (Å²) in [4.78, 5) is 20.8. The molecule has 0 radical (unpaired) electrons. The predicted octanol–water partition coefficient (Wildman–Crippen LogP) is 1.05. The van der Waals surface area contributed by atoms with Crippen LogP contribution in [0.4, 0.5) is 5.82 Å². The van der Waals surface area contributed by atoms with Crippen molar-refractivity contribution in [3.63, 3.8) is 0 Å². The van der Waals surface area contributed by atoms with Gasteiger partial charge in [0.1, 0.15) is 5.82 Å². The van der Waals surface area contributed by atoms with Crippen LogP contribution < -0.4 is 4.90 Å². The molecule has 1 fully saturated rings. The molecule has 2 rings (SSSR count). The first kappa shape index (κ1) is 13.5. The Morgan fingerprint density at radius 3 is 2.83 bits per heavy atom. The van der Waals surface area contributed by atoms with Crippen molar-refractivity contribution in [3.8, 4) is 0 Å². The third-order valence-electron chi connectivity index (χ3n) is 2.53. The topological polar surface area (TPSA) is 80.2 Å². The summed E-state index contributed by atoms with van der Waals surface area (Å²) in [7, 11) is 1.57. The Balaban J connectivity index is 2.15. The molecule has 1 aliphatic heterocycles. The van der Waals surface area contributed by atoms with E-state index in [-0.39, 0.29) is 35.8 Å². The zero-order valence-corrected chi connectivity index (χ0v) is 11.4. The van der Waals surface area contributed by atoms with Gasteiger partial charge in [-0.1, -0.05) is 0 Å². The highest BCUT2D eigenvalue weighted by Crippen LogP contribution is 2.25. The molecule has 9 heteroatoms. The van der Waals surface area contributed by atoms with E-state index in [0.717, 1.165) is 0 Å². The summed E-state index contributed by atoms with van der Waals surface area (Å²) in [5.41, 5.74) is 0. The second-order valence-corrected chi connectivity index (χ2v) is 7.12. The smallest absolute Gasteiger partial charge is 0.232 e. The molecule has 18 heavy (non-hydrogen) atoms. The van der Waals surface area contributed by atoms with Crippen molar-refractivity contribution >= 4 is 43.1 Å². The highest BCUT2D eigenvalue weighted by molar-refractivity contribution is 8.13. The van der Waals surface area contributed by atoms with Crippen molar-refractivity contribution in [1.29, 1.82) is 0 Å². The van der Waals surface area contributed by atoms with E-state index in [9.17, 15) is 13.2 Å². The number of nitrogens with zero attached hydrogens (tertiary/aromatic N) is 3. The van der Waals surface area contributed by atoms with Crippen LogP contribution in [-0.2, 0) is 13.8 Å². The molecule has 1 atom stereocenters. The lowest BCUT2D eigenvalue weighted by Crippen LogP contribution is -2.26. The fraction of sp³-hybridized carbons (Fsp3) is 0.444. The van der Waals surface area contributed by atoms with Crippen LogP contribution in [0, 0.1) is 5.92 Å². The molecule has 1 unspecified atom stereocenters. The van der Waals surface area contributed by atoms with Crippen LogP contribution in [0.2, 0.25) is 5.28 Å². The minimum atomic E-state index is -3.61. The van der Waals surface area contributed by atoms with Crippen molar-refractivity contribution in [1.82, 2.24) is 9.97 Å². The number of hydrogen-bond donors (Lipinski definition) is 0. The summed E-state index contributed by atoms with van der Waals surface area (Å²) in [6, 6.07) is 1.54. The third kappa shape index (κ3) is 3.30. The van der Waals surface area contributed by atoms with Gasteiger partial charge in [0.25, 0.3) is 0 Å². The molecule has 1 aliphatic rings. The molecular weight excluding hydrogens is 301 g/mol. The van der Waals surface area contributed by atoms with E-state index in [1.165, 1.54) is 11.1 Å². The van der Waals surface area contributed by atoms with Gasteiger partial charge in [-0.05, 0) is 17.7 Å². The number of rotatable bonds is 3. The number of halogens is 2. The average Bonchev–Trinajstić information content (AvgIpc) is 2.56. The van der Waals surface area contributed by atoms with E-state index >= 15 is 0 Å². The van der Waals surface area contributed by atoms with E-state index in [2.05, 4.69) is 9.97 Å². The van der Waals surface area contributed by atoms with Crippen molar-refractivity contribution in [2.45, 2.75) is 6.42 Å². The number of carbonyl (C=O) groups is 1. The summed E-state index contributed by atoms with van der Waals surface area (Å²) in [5, 5.41) is 0.0358. The first-order chi connectivity index (χ1) is 8.35. The zero-order valence-electron chi connectivity index (χ0n) is 9.08. The standard InChI is InChI=1S/C9H9Cl2N3O3S/c10-9-12-2-1-7(13-9)14-4-6(3-8(14)15)5-18(11,16)17/h1-2,6H,3-5H2. The van der Waals surface area contributed by atoms with Crippen LogP contribution in [0.5, 0.6) is 0 Å². The number of aromatic nitrogens is 2. The van der Waals surface area contributed by atoms with E-state index in [1.54, 1.807) is 6.07 Å². The normalized spacial score (nSPS) is 20.4. The second kappa shape index (κ2) is 4.99. The van der Waals surface area contributed by atoms with E-state index in [1.807, 2.05) is 0 Å². The number of amides is 1. The molecule has 98 valence electrons. The zero-order chi connectivity index (χ0) is 13.3. The van der Waals surface area contributed by atoms with Crippen molar-refractivity contribution in [3.05, 3.63) is 17.5 Å². The Hall–Kier alpha value is -0.920. The summed E-state index contributed by atoms with van der Waals surface area (Å²) in [5.74, 6) is -0.381. The Kier molecular flexibility index (Phi) is 3.74. The third-order valence-corrected chi connectivity index (χ3v) is 3.96. The summed E-state index contributed by atoms with van der Waals surface area (Å²) in [6.45, 7) is 0.262. The lowest BCUT2D eigenvalue weighted by atomic mass is 10.1. The molecule has 1 aromatic rings. The maximum Gasteiger partial charge on any atom is 0.232 e. The SMILES string of the molecule is O=C1CC(CS(=O)(=O)Cl)CN1c1ccnc(Cl)n1. The maximum atomic E-state index is 11.8. The van der Waals surface area contributed by atoms with E-state index in [0.29, 0.717) is 5.82 Å². The molecule has 1 aromatic heterocycles. The van der Waals surface area contributed by atoms with Gasteiger partial charge in [0.05, 0.1) is 5.75 Å². The molecule has 0 bridgehead atoms. The van der Waals surface area contributed by atoms with Crippen LogP contribution in [0.25, 0.3) is 0 Å². The van der Waals surface area contributed by atoms with Gasteiger partial charge >= 0.3 is 0 Å². The van der Waals surface area contributed by atoms with Gasteiger partial charge in [-0.3, -0.25) is 9.69 Å². The Morgan fingerprint density at radius 2 is 2.22 bits per heavy atom. The minimum Gasteiger partial charge on any atom is -0.296 e. The molecule has 0 spiro atoms. The summed E-state index contributed by atoms with van der Waals surface area (Å²) >= 11 is 5.64. The second-order valence-electron chi connectivity index (χ2n) is 3.96. The van der Waals surface area contributed by atoms with Gasteiger partial charge in [-0.2, -0.15) is 0 Å². The van der Waals surface area contributed by atoms with Crippen LogP contribution >= 0.6 is 22.3 Å². The maximum absolute atomic E-state index is 11.8. The van der Waals surface area contributed by atoms with Gasteiger partial charge in [-0.25, -0.2) is 18.4 Å². The molecule has 0 saturated carbocycles. The first-order valence-electron chi connectivity index (χ1n) is 5.06. The summed E-state index contributed by atoms with van der Waals surface area (Å²) in [6.07, 6.45) is 1.57. The fourth-order valence-electron chi connectivity index (χ4n) is 1.87. The minimum absolute atomic E-state index is 0.0358. The summed E-state index contributed by atoms with van der Waals surface area (Å²) < 4.78 is 22.0. The largest absolute Gasteiger partial charge is 0.296 e. The molecule has 0 aromatic carbocycles. The highest BCUT2D eigenvalue weighted by atomic mass is 35.7. The Morgan fingerprint density at radius 1 is 1.50 bits per heavy atom. The number of anilines is 1. The van der Waals surface area contributed by atoms with Gasteiger partial charge in [0.2, 0.25) is 20.2 Å². The van der Waals surface area contributed by atoms with E-state index < -0.39 is 9.05 Å². The van der Waals surface area contributed by atoms with Crippen LogP contribution in [0.15, 0.2) is 12.3 Å². The molecule has 0 aliphatic carbocycles.